The number of nitrogens with zero attached hydrogens (tertiary/aromatic N) is 2. The van der Waals surface area contributed by atoms with Gasteiger partial charge in [-0.25, -0.2) is 13.4 Å². The van der Waals surface area contributed by atoms with Crippen LogP contribution in [-0.4, -0.2) is 42.0 Å². The quantitative estimate of drug-likeness (QED) is 0.814. The van der Waals surface area contributed by atoms with Gasteiger partial charge >= 0.3 is 0 Å². The molecule has 0 unspecified atom stereocenters. The zero-order chi connectivity index (χ0) is 12.5. The Balaban J connectivity index is 2.28. The highest BCUT2D eigenvalue weighted by Crippen LogP contribution is 2.24. The molecule has 0 radical (unpaired) electrons. The first-order valence-electron chi connectivity index (χ1n) is 5.30. The lowest BCUT2D eigenvalue weighted by Crippen LogP contribution is -2.40. The highest BCUT2D eigenvalue weighted by atomic mass is 35.5. The molecule has 5 nitrogen and oxygen atoms in total. The van der Waals surface area contributed by atoms with Crippen LogP contribution in [0.3, 0.4) is 0 Å². The average Bonchev–Trinajstić information content (AvgIpc) is 2.30. The Morgan fingerprint density at radius 3 is 2.65 bits per heavy atom. The van der Waals surface area contributed by atoms with E-state index in [-0.39, 0.29) is 10.0 Å². The van der Waals surface area contributed by atoms with Crippen molar-refractivity contribution in [3.63, 3.8) is 0 Å². The second kappa shape index (κ2) is 4.89. The smallest absolute Gasteiger partial charge is 0.246 e. The Hall–Kier alpha value is -0.690. The molecule has 1 aromatic rings. The van der Waals surface area contributed by atoms with E-state index < -0.39 is 16.1 Å². The second-order valence-electron chi connectivity index (χ2n) is 3.93. The molecule has 0 aliphatic carbocycles. The molecule has 0 spiro atoms. The Bertz CT molecular complexity index is 498. The summed E-state index contributed by atoms with van der Waals surface area (Å²) in [5.41, 5.74) is 0. The van der Waals surface area contributed by atoms with Crippen LogP contribution in [0.4, 0.5) is 0 Å². The Morgan fingerprint density at radius 1 is 1.41 bits per heavy atom. The van der Waals surface area contributed by atoms with Gasteiger partial charge in [-0.15, -0.1) is 0 Å². The molecular weight excluding hydrogens is 264 g/mol. The van der Waals surface area contributed by atoms with Crippen molar-refractivity contribution in [2.45, 2.75) is 23.8 Å². The van der Waals surface area contributed by atoms with Crippen molar-refractivity contribution in [1.29, 1.82) is 0 Å². The van der Waals surface area contributed by atoms with Crippen LogP contribution in [0.1, 0.15) is 12.8 Å². The minimum atomic E-state index is -3.59. The summed E-state index contributed by atoms with van der Waals surface area (Å²) in [4.78, 5) is 3.79. The summed E-state index contributed by atoms with van der Waals surface area (Å²) in [6.45, 7) is 0.628. The zero-order valence-corrected chi connectivity index (χ0v) is 10.7. The van der Waals surface area contributed by atoms with Crippen LogP contribution >= 0.6 is 11.6 Å². The van der Waals surface area contributed by atoms with E-state index >= 15 is 0 Å². The molecule has 0 atom stereocenters. The van der Waals surface area contributed by atoms with E-state index in [2.05, 4.69) is 4.98 Å². The molecule has 94 valence electrons. The van der Waals surface area contributed by atoms with Gasteiger partial charge in [-0.2, -0.15) is 4.31 Å². The number of aliphatic hydroxyl groups excluding tert-OH is 1. The van der Waals surface area contributed by atoms with E-state index in [4.69, 9.17) is 11.6 Å². The van der Waals surface area contributed by atoms with Crippen molar-refractivity contribution < 1.29 is 13.5 Å². The van der Waals surface area contributed by atoms with Gasteiger partial charge in [-0.1, -0.05) is 11.6 Å². The van der Waals surface area contributed by atoms with Crippen molar-refractivity contribution in [2.24, 2.45) is 0 Å². The fourth-order valence-corrected chi connectivity index (χ4v) is 3.68. The number of hydrogen-bond acceptors (Lipinski definition) is 4. The van der Waals surface area contributed by atoms with Gasteiger partial charge in [0.05, 0.1) is 6.10 Å². The second-order valence-corrected chi connectivity index (χ2v) is 6.19. The first-order valence-corrected chi connectivity index (χ1v) is 7.12. The van der Waals surface area contributed by atoms with Crippen LogP contribution in [0.2, 0.25) is 5.15 Å². The maximum absolute atomic E-state index is 12.2. The Labute approximate surface area is 105 Å². The highest BCUT2D eigenvalue weighted by Gasteiger charge is 2.30. The van der Waals surface area contributed by atoms with Crippen LogP contribution in [0.15, 0.2) is 23.2 Å². The average molecular weight is 277 g/mol. The third kappa shape index (κ3) is 2.60. The SMILES string of the molecule is O=S(=O)(c1cccnc1Cl)N1CCC(O)CC1. The summed E-state index contributed by atoms with van der Waals surface area (Å²) in [7, 11) is -3.59. The fraction of sp³-hybridized carbons (Fsp3) is 0.500. The molecule has 0 bridgehead atoms. The summed E-state index contributed by atoms with van der Waals surface area (Å²) in [5.74, 6) is 0. The maximum atomic E-state index is 12.2. The van der Waals surface area contributed by atoms with E-state index in [1.807, 2.05) is 0 Å². The number of aromatic nitrogens is 1. The van der Waals surface area contributed by atoms with E-state index in [9.17, 15) is 13.5 Å². The Morgan fingerprint density at radius 2 is 2.06 bits per heavy atom. The van der Waals surface area contributed by atoms with Gasteiger partial charge in [-0.05, 0) is 25.0 Å². The van der Waals surface area contributed by atoms with Gasteiger partial charge in [0.25, 0.3) is 0 Å². The molecule has 1 fully saturated rings. The number of rotatable bonds is 2. The van der Waals surface area contributed by atoms with E-state index in [0.717, 1.165) is 0 Å². The molecule has 1 saturated heterocycles. The monoisotopic (exact) mass is 276 g/mol. The van der Waals surface area contributed by atoms with Crippen molar-refractivity contribution in [1.82, 2.24) is 9.29 Å². The van der Waals surface area contributed by atoms with E-state index in [1.54, 1.807) is 0 Å². The molecule has 0 saturated carbocycles. The van der Waals surface area contributed by atoms with Crippen LogP contribution in [0.25, 0.3) is 0 Å². The number of sulfonamides is 1. The molecule has 0 amide bonds. The number of halogens is 1. The first-order chi connectivity index (χ1) is 8.01. The summed E-state index contributed by atoms with van der Waals surface area (Å²) >= 11 is 5.79. The molecule has 1 aliphatic rings. The highest BCUT2D eigenvalue weighted by molar-refractivity contribution is 7.89. The lowest BCUT2D eigenvalue weighted by molar-refractivity contribution is 0.113. The lowest BCUT2D eigenvalue weighted by Gasteiger charge is -2.28. The molecule has 17 heavy (non-hydrogen) atoms. The van der Waals surface area contributed by atoms with E-state index in [1.165, 1.54) is 22.6 Å². The van der Waals surface area contributed by atoms with Crippen LogP contribution in [0.5, 0.6) is 0 Å². The van der Waals surface area contributed by atoms with Crippen molar-refractivity contribution in [3.8, 4) is 0 Å². The molecule has 1 aliphatic heterocycles. The van der Waals surface area contributed by atoms with Gasteiger partial charge in [0.15, 0.2) is 0 Å². The predicted molar refractivity (Wildman–Crippen MR) is 63.2 cm³/mol. The van der Waals surface area contributed by atoms with Crippen molar-refractivity contribution in [3.05, 3.63) is 23.5 Å². The molecule has 1 N–H and O–H groups in total. The molecule has 0 aromatic carbocycles. The van der Waals surface area contributed by atoms with Gasteiger partial charge in [-0.3, -0.25) is 0 Å². The van der Waals surface area contributed by atoms with Crippen LogP contribution < -0.4 is 0 Å². The van der Waals surface area contributed by atoms with Gasteiger partial charge in [0.2, 0.25) is 10.0 Å². The Kier molecular flexibility index (Phi) is 3.67. The number of hydrogen-bond donors (Lipinski definition) is 1. The summed E-state index contributed by atoms with van der Waals surface area (Å²) in [6.07, 6.45) is 1.95. The van der Waals surface area contributed by atoms with Crippen LogP contribution in [-0.2, 0) is 10.0 Å². The topological polar surface area (TPSA) is 70.5 Å². The fourth-order valence-electron chi connectivity index (χ4n) is 1.79. The summed E-state index contributed by atoms with van der Waals surface area (Å²) < 4.78 is 25.8. The van der Waals surface area contributed by atoms with Crippen molar-refractivity contribution in [2.75, 3.05) is 13.1 Å². The van der Waals surface area contributed by atoms with Crippen molar-refractivity contribution >= 4 is 21.6 Å². The van der Waals surface area contributed by atoms with E-state index in [0.29, 0.717) is 25.9 Å². The maximum Gasteiger partial charge on any atom is 0.246 e. The first kappa shape index (κ1) is 12.8. The van der Waals surface area contributed by atoms with Gasteiger partial charge < -0.3 is 5.11 Å². The number of aliphatic hydroxyl groups is 1. The lowest BCUT2D eigenvalue weighted by atomic mass is 10.1. The number of pyridine rings is 1. The zero-order valence-electron chi connectivity index (χ0n) is 9.08. The minimum Gasteiger partial charge on any atom is -0.393 e. The van der Waals surface area contributed by atoms with Gasteiger partial charge in [0.1, 0.15) is 10.0 Å². The molecule has 1 aromatic heterocycles. The summed E-state index contributed by atoms with van der Waals surface area (Å²) in [6, 6.07) is 2.98. The molecule has 2 heterocycles. The normalized spacial score (nSPS) is 19.4. The molecule has 2 rings (SSSR count). The van der Waals surface area contributed by atoms with Crippen LogP contribution in [0, 0.1) is 0 Å². The predicted octanol–water partition coefficient (Wildman–Crippen LogP) is 0.880. The largest absolute Gasteiger partial charge is 0.393 e. The third-order valence-electron chi connectivity index (χ3n) is 2.77. The minimum absolute atomic E-state index is 0.0152. The molecule has 7 heteroatoms. The summed E-state index contributed by atoms with van der Waals surface area (Å²) in [5, 5.41) is 9.34. The number of piperidine rings is 1. The van der Waals surface area contributed by atoms with Gasteiger partial charge in [0, 0.05) is 19.3 Å². The third-order valence-corrected chi connectivity index (χ3v) is 5.11. The standard InChI is InChI=1S/C10H13ClN2O3S/c11-10-9(2-1-5-12-10)17(15,16)13-6-3-8(14)4-7-13/h1-2,5,8,14H,3-4,6-7H2. The molecular formula is C10H13ClN2O3S.